The molecular weight excluding hydrogens is 272 g/mol. The molecule has 1 heterocycles. The van der Waals surface area contributed by atoms with E-state index in [1.165, 1.54) is 36.9 Å². The van der Waals surface area contributed by atoms with E-state index < -0.39 is 0 Å². The third kappa shape index (κ3) is 2.34. The van der Waals surface area contributed by atoms with Crippen LogP contribution in [0.4, 0.5) is 0 Å². The molecule has 0 aliphatic heterocycles. The van der Waals surface area contributed by atoms with Gasteiger partial charge in [-0.2, -0.15) is 0 Å². The van der Waals surface area contributed by atoms with E-state index in [-0.39, 0.29) is 0 Å². The Morgan fingerprint density at radius 2 is 1.76 bits per heavy atom. The molecule has 0 N–H and O–H groups in total. The second-order valence-corrected chi connectivity index (χ2v) is 6.10. The van der Waals surface area contributed by atoms with Crippen molar-refractivity contribution in [3.05, 3.63) is 78.4 Å². The van der Waals surface area contributed by atoms with Crippen LogP contribution in [0.2, 0.25) is 0 Å². The Balaban J connectivity index is 2.35. The lowest BCUT2D eigenvalue weighted by molar-refractivity contribution is 1.56. The van der Waals surface area contributed by atoms with Crippen molar-refractivity contribution >= 4 is 37.1 Å². The van der Waals surface area contributed by atoms with E-state index in [4.69, 9.17) is 0 Å². The van der Waals surface area contributed by atoms with Gasteiger partial charge in [-0.05, 0) is 30.5 Å². The maximum absolute atomic E-state index is 3.76. The highest BCUT2D eigenvalue weighted by atomic mass is 32.1. The van der Waals surface area contributed by atoms with Gasteiger partial charge in [0.1, 0.15) is 0 Å². The minimum Gasteiger partial charge on any atom is -0.134 e. The van der Waals surface area contributed by atoms with Crippen LogP contribution in [0, 0.1) is 6.92 Å². The summed E-state index contributed by atoms with van der Waals surface area (Å²) < 4.78 is 2.76. The quantitative estimate of drug-likeness (QED) is 0.482. The lowest BCUT2D eigenvalue weighted by atomic mass is 10.0. The standard InChI is InChI=1S/C20H18S/c1-4-6-10-15(5-2)16-11-8-13-18-17-12-7-9-14(3)19(17)21-20(16)18/h4-13H,1H2,2-3H3/b10-6-,15-5+. The van der Waals surface area contributed by atoms with Crippen LogP contribution >= 0.6 is 11.3 Å². The first-order valence-electron chi connectivity index (χ1n) is 7.13. The summed E-state index contributed by atoms with van der Waals surface area (Å²) >= 11 is 1.89. The summed E-state index contributed by atoms with van der Waals surface area (Å²) in [5.41, 5.74) is 3.89. The smallest absolute Gasteiger partial charge is 0.0433 e. The summed E-state index contributed by atoms with van der Waals surface area (Å²) in [4.78, 5) is 0. The Bertz CT molecular complexity index is 875. The Morgan fingerprint density at radius 1 is 1.05 bits per heavy atom. The number of hydrogen-bond donors (Lipinski definition) is 0. The molecule has 0 amide bonds. The van der Waals surface area contributed by atoms with Gasteiger partial charge in [0.2, 0.25) is 0 Å². The van der Waals surface area contributed by atoms with Gasteiger partial charge in [-0.25, -0.2) is 0 Å². The van der Waals surface area contributed by atoms with Crippen molar-refractivity contribution in [1.82, 2.24) is 0 Å². The van der Waals surface area contributed by atoms with Gasteiger partial charge in [-0.1, -0.05) is 67.3 Å². The molecule has 0 unspecified atom stereocenters. The maximum atomic E-state index is 3.76. The van der Waals surface area contributed by atoms with Crippen molar-refractivity contribution in [2.45, 2.75) is 13.8 Å². The van der Waals surface area contributed by atoms with Crippen molar-refractivity contribution < 1.29 is 0 Å². The van der Waals surface area contributed by atoms with Gasteiger partial charge in [0, 0.05) is 20.2 Å². The minimum absolute atomic E-state index is 1.24. The van der Waals surface area contributed by atoms with Gasteiger partial charge in [0.05, 0.1) is 0 Å². The van der Waals surface area contributed by atoms with E-state index in [9.17, 15) is 0 Å². The van der Waals surface area contributed by atoms with E-state index in [1.54, 1.807) is 0 Å². The van der Waals surface area contributed by atoms with Gasteiger partial charge in [0.25, 0.3) is 0 Å². The summed E-state index contributed by atoms with van der Waals surface area (Å²) in [6.45, 7) is 8.03. The highest BCUT2D eigenvalue weighted by molar-refractivity contribution is 7.26. The van der Waals surface area contributed by atoms with E-state index >= 15 is 0 Å². The molecule has 0 bridgehead atoms. The topological polar surface area (TPSA) is 0 Å². The number of allylic oxidation sites excluding steroid dienone is 5. The Hall–Kier alpha value is -2.12. The molecule has 0 aliphatic carbocycles. The van der Waals surface area contributed by atoms with Crippen molar-refractivity contribution in [1.29, 1.82) is 0 Å². The summed E-state index contributed by atoms with van der Waals surface area (Å²) in [5.74, 6) is 0. The zero-order chi connectivity index (χ0) is 14.8. The second kappa shape index (κ2) is 5.71. The van der Waals surface area contributed by atoms with E-state index in [2.05, 4.69) is 69.0 Å². The number of rotatable bonds is 3. The normalized spacial score (nSPS) is 12.6. The highest BCUT2D eigenvalue weighted by Crippen LogP contribution is 2.39. The molecule has 104 valence electrons. The molecule has 1 aromatic heterocycles. The first-order valence-corrected chi connectivity index (χ1v) is 7.94. The van der Waals surface area contributed by atoms with E-state index in [0.29, 0.717) is 0 Å². The van der Waals surface area contributed by atoms with Crippen molar-refractivity contribution in [3.63, 3.8) is 0 Å². The van der Waals surface area contributed by atoms with Crippen molar-refractivity contribution in [2.75, 3.05) is 0 Å². The van der Waals surface area contributed by atoms with E-state index in [1.807, 2.05) is 23.5 Å². The maximum Gasteiger partial charge on any atom is 0.0433 e. The molecule has 0 saturated heterocycles. The van der Waals surface area contributed by atoms with Crippen LogP contribution in [0.15, 0.2) is 67.3 Å². The molecule has 0 saturated carbocycles. The lowest BCUT2D eigenvalue weighted by Crippen LogP contribution is -1.80. The number of benzene rings is 2. The predicted molar refractivity (Wildman–Crippen MR) is 97.1 cm³/mol. The fourth-order valence-corrected chi connectivity index (χ4v) is 4.01. The third-order valence-corrected chi connectivity index (χ3v) is 5.15. The SMILES string of the molecule is C=C/C=C\C(=C/C)c1cccc2c1sc1c(C)cccc12. The molecule has 21 heavy (non-hydrogen) atoms. The average Bonchev–Trinajstić information content (AvgIpc) is 2.89. The van der Waals surface area contributed by atoms with Gasteiger partial charge in [-0.3, -0.25) is 0 Å². The van der Waals surface area contributed by atoms with Crippen LogP contribution in [-0.4, -0.2) is 0 Å². The molecule has 0 aliphatic rings. The first kappa shape index (κ1) is 13.8. The third-order valence-electron chi connectivity index (χ3n) is 3.76. The van der Waals surface area contributed by atoms with Crippen LogP contribution in [-0.2, 0) is 0 Å². The van der Waals surface area contributed by atoms with Crippen LogP contribution in [0.3, 0.4) is 0 Å². The predicted octanol–water partition coefficient (Wildman–Crippen LogP) is 6.51. The van der Waals surface area contributed by atoms with Gasteiger partial charge in [0.15, 0.2) is 0 Å². The largest absolute Gasteiger partial charge is 0.134 e. The monoisotopic (exact) mass is 290 g/mol. The average molecular weight is 290 g/mol. The Kier molecular flexibility index (Phi) is 3.76. The van der Waals surface area contributed by atoms with E-state index in [0.717, 1.165) is 0 Å². The van der Waals surface area contributed by atoms with Gasteiger partial charge >= 0.3 is 0 Å². The molecule has 0 fully saturated rings. The Morgan fingerprint density at radius 3 is 2.48 bits per heavy atom. The molecule has 0 spiro atoms. The fourth-order valence-electron chi connectivity index (χ4n) is 2.70. The number of aryl methyl sites for hydroxylation is 1. The molecule has 3 aromatic rings. The van der Waals surface area contributed by atoms with Crippen LogP contribution in [0.1, 0.15) is 18.1 Å². The van der Waals surface area contributed by atoms with Crippen LogP contribution < -0.4 is 0 Å². The molecule has 0 nitrogen and oxygen atoms in total. The zero-order valence-corrected chi connectivity index (χ0v) is 13.2. The van der Waals surface area contributed by atoms with Gasteiger partial charge in [-0.15, -0.1) is 11.3 Å². The minimum atomic E-state index is 1.24. The molecule has 0 radical (unpaired) electrons. The molecule has 1 heteroatoms. The van der Waals surface area contributed by atoms with Crippen LogP contribution in [0.25, 0.3) is 25.7 Å². The van der Waals surface area contributed by atoms with Crippen molar-refractivity contribution in [3.8, 4) is 0 Å². The highest BCUT2D eigenvalue weighted by Gasteiger charge is 2.11. The number of fused-ring (bicyclic) bond motifs is 3. The second-order valence-electron chi connectivity index (χ2n) is 5.07. The number of hydrogen-bond acceptors (Lipinski definition) is 1. The summed E-state index contributed by atoms with van der Waals surface area (Å²) in [7, 11) is 0. The van der Waals surface area contributed by atoms with Crippen molar-refractivity contribution in [2.24, 2.45) is 0 Å². The summed E-state index contributed by atoms with van der Waals surface area (Å²) in [6, 6.07) is 13.1. The zero-order valence-electron chi connectivity index (χ0n) is 12.4. The molecule has 3 rings (SSSR count). The first-order chi connectivity index (χ1) is 10.3. The molecule has 0 atom stereocenters. The molecular formula is C20H18S. The Labute approximate surface area is 129 Å². The summed E-state index contributed by atoms with van der Waals surface area (Å²) in [6.07, 6.45) is 8.09. The fraction of sp³-hybridized carbons (Fsp3) is 0.100. The lowest BCUT2D eigenvalue weighted by Gasteiger charge is -2.03. The van der Waals surface area contributed by atoms with Gasteiger partial charge < -0.3 is 0 Å². The summed E-state index contributed by atoms with van der Waals surface area (Å²) in [5, 5.41) is 2.71. The molecule has 2 aromatic carbocycles. The number of thiophene rings is 1. The van der Waals surface area contributed by atoms with Crippen LogP contribution in [0.5, 0.6) is 0 Å².